The zero-order chi connectivity index (χ0) is 24.5. The van der Waals surface area contributed by atoms with Crippen molar-refractivity contribution >= 4 is 17.7 Å². The van der Waals surface area contributed by atoms with Crippen LogP contribution in [0.5, 0.6) is 6.01 Å². The number of ether oxygens (including phenoxy) is 2. The number of hydrogen-bond acceptors (Lipinski definition) is 7. The minimum Gasteiger partial charge on any atom is -0.463 e. The average Bonchev–Trinajstić information content (AvgIpc) is 2.82. The normalized spacial score (nSPS) is 13.6. The summed E-state index contributed by atoms with van der Waals surface area (Å²) in [5.74, 6) is -1.01. The second-order valence-electron chi connectivity index (χ2n) is 8.28. The highest BCUT2D eigenvalue weighted by molar-refractivity contribution is 5.94. The standard InChI is InChI=1S/C24H30FN5O4.CH4/c1-2-4-21(31)30-9-7-16(8-10-30)14-34-24-28-12-18(13-29-24)19-6-3-5-17(23(19)25)15-33-22(32)11-20(26)27;/h3,5-6,12-13,16H,2,4,7-11,14-15H2,1H3,(H3,26,27);1H4. The Balaban J connectivity index is 0.00000432. The summed E-state index contributed by atoms with van der Waals surface area (Å²) in [6.07, 6.45) is 5.84. The van der Waals surface area contributed by atoms with Crippen molar-refractivity contribution in [3.05, 3.63) is 42.0 Å². The highest BCUT2D eigenvalue weighted by Gasteiger charge is 2.23. The summed E-state index contributed by atoms with van der Waals surface area (Å²) < 4.78 is 25.6. The third-order valence-corrected chi connectivity index (χ3v) is 5.62. The van der Waals surface area contributed by atoms with Gasteiger partial charge in [-0.25, -0.2) is 14.4 Å². The van der Waals surface area contributed by atoms with Gasteiger partial charge in [-0.2, -0.15) is 0 Å². The van der Waals surface area contributed by atoms with Crippen molar-refractivity contribution in [1.82, 2.24) is 14.9 Å². The van der Waals surface area contributed by atoms with Crippen molar-refractivity contribution < 1.29 is 23.5 Å². The van der Waals surface area contributed by atoms with Gasteiger partial charge in [0, 0.05) is 48.6 Å². The van der Waals surface area contributed by atoms with E-state index in [9.17, 15) is 14.0 Å². The average molecular weight is 488 g/mol. The van der Waals surface area contributed by atoms with Crippen molar-refractivity contribution in [2.45, 2.75) is 53.1 Å². The van der Waals surface area contributed by atoms with Gasteiger partial charge in [-0.3, -0.25) is 15.0 Å². The quantitative estimate of drug-likeness (QED) is 0.297. The molecule has 0 spiro atoms. The van der Waals surface area contributed by atoms with E-state index in [1.54, 1.807) is 12.1 Å². The molecular formula is C25H34FN5O4. The zero-order valence-electron chi connectivity index (χ0n) is 19.3. The molecule has 1 saturated heterocycles. The van der Waals surface area contributed by atoms with Crippen molar-refractivity contribution in [3.8, 4) is 17.1 Å². The van der Waals surface area contributed by atoms with Crippen LogP contribution in [0, 0.1) is 17.1 Å². The van der Waals surface area contributed by atoms with E-state index in [-0.39, 0.29) is 49.3 Å². The first-order chi connectivity index (χ1) is 16.4. The van der Waals surface area contributed by atoms with Gasteiger partial charge in [0.1, 0.15) is 24.7 Å². The van der Waals surface area contributed by atoms with E-state index in [1.807, 2.05) is 11.8 Å². The van der Waals surface area contributed by atoms with Crippen LogP contribution in [0.1, 0.15) is 52.0 Å². The van der Waals surface area contributed by atoms with Gasteiger partial charge in [-0.15, -0.1) is 0 Å². The van der Waals surface area contributed by atoms with Gasteiger partial charge in [0.25, 0.3) is 0 Å². The van der Waals surface area contributed by atoms with E-state index in [0.717, 1.165) is 32.4 Å². The molecule has 190 valence electrons. The number of nitrogens with one attached hydrogen (secondary N) is 1. The molecule has 10 heteroatoms. The van der Waals surface area contributed by atoms with Crippen LogP contribution in [-0.2, 0) is 20.9 Å². The smallest absolute Gasteiger partial charge is 0.316 e. The van der Waals surface area contributed by atoms with Gasteiger partial charge >= 0.3 is 12.0 Å². The molecule has 9 nitrogen and oxygen atoms in total. The Hall–Kier alpha value is -3.56. The van der Waals surface area contributed by atoms with Gasteiger partial charge in [0.15, 0.2) is 0 Å². The van der Waals surface area contributed by atoms with Gasteiger partial charge in [0.2, 0.25) is 5.91 Å². The molecule has 1 amide bonds. The minimum atomic E-state index is -0.694. The molecule has 35 heavy (non-hydrogen) atoms. The van der Waals surface area contributed by atoms with Crippen molar-refractivity contribution in [3.63, 3.8) is 0 Å². The van der Waals surface area contributed by atoms with Crippen molar-refractivity contribution in [2.24, 2.45) is 11.7 Å². The number of likely N-dealkylation sites (tertiary alicyclic amines) is 1. The highest BCUT2D eigenvalue weighted by Crippen LogP contribution is 2.25. The van der Waals surface area contributed by atoms with Crippen LogP contribution in [0.4, 0.5) is 4.39 Å². The van der Waals surface area contributed by atoms with Crippen molar-refractivity contribution in [2.75, 3.05) is 19.7 Å². The maximum atomic E-state index is 14.9. The lowest BCUT2D eigenvalue weighted by atomic mass is 9.97. The molecule has 0 bridgehead atoms. The number of rotatable bonds is 10. The largest absolute Gasteiger partial charge is 0.463 e. The Bertz CT molecular complexity index is 1010. The summed E-state index contributed by atoms with van der Waals surface area (Å²) in [4.78, 5) is 33.9. The van der Waals surface area contributed by atoms with Gasteiger partial charge in [0.05, 0.1) is 6.61 Å². The summed E-state index contributed by atoms with van der Waals surface area (Å²) >= 11 is 0. The third kappa shape index (κ3) is 8.01. The summed E-state index contributed by atoms with van der Waals surface area (Å²) in [5, 5.41) is 7.10. The molecule has 2 aromatic rings. The zero-order valence-corrected chi connectivity index (χ0v) is 19.3. The first-order valence-corrected chi connectivity index (χ1v) is 11.4. The predicted molar refractivity (Wildman–Crippen MR) is 130 cm³/mol. The Morgan fingerprint density at radius 1 is 1.23 bits per heavy atom. The van der Waals surface area contributed by atoms with E-state index in [1.165, 1.54) is 18.5 Å². The third-order valence-electron chi connectivity index (χ3n) is 5.62. The Morgan fingerprint density at radius 2 is 1.91 bits per heavy atom. The molecule has 0 saturated carbocycles. The van der Waals surface area contributed by atoms with E-state index >= 15 is 0 Å². The maximum Gasteiger partial charge on any atom is 0.316 e. The topological polar surface area (TPSA) is 131 Å². The number of carbonyl (C=O) groups excluding carboxylic acids is 2. The van der Waals surface area contributed by atoms with Gasteiger partial charge in [-0.1, -0.05) is 32.5 Å². The first kappa shape index (κ1) is 27.7. The Labute approximate surface area is 205 Å². The molecule has 1 aliphatic rings. The van der Waals surface area contributed by atoms with Crippen LogP contribution in [0.3, 0.4) is 0 Å². The number of amides is 1. The fourth-order valence-corrected chi connectivity index (χ4v) is 3.72. The van der Waals surface area contributed by atoms with E-state index in [0.29, 0.717) is 24.5 Å². The Morgan fingerprint density at radius 3 is 2.54 bits per heavy atom. The predicted octanol–water partition coefficient (Wildman–Crippen LogP) is 3.71. The Kier molecular flexibility index (Phi) is 10.6. The molecule has 0 atom stereocenters. The fraction of sp³-hybridized carbons (Fsp3) is 0.480. The molecule has 0 aliphatic carbocycles. The molecule has 1 aromatic heterocycles. The lowest BCUT2D eigenvalue weighted by Crippen LogP contribution is -2.39. The molecule has 3 rings (SSSR count). The van der Waals surface area contributed by atoms with Gasteiger partial charge in [-0.05, 0) is 25.2 Å². The summed E-state index contributed by atoms with van der Waals surface area (Å²) in [6, 6.07) is 4.96. The van der Waals surface area contributed by atoms with E-state index < -0.39 is 11.8 Å². The second-order valence-corrected chi connectivity index (χ2v) is 8.28. The molecule has 3 N–H and O–H groups in total. The number of halogens is 1. The number of amidine groups is 1. The number of aromatic nitrogens is 2. The summed E-state index contributed by atoms with van der Waals surface area (Å²) in [7, 11) is 0. The van der Waals surface area contributed by atoms with Crippen molar-refractivity contribution in [1.29, 1.82) is 5.41 Å². The number of nitrogens with two attached hydrogens (primary N) is 1. The van der Waals surface area contributed by atoms with Crippen LogP contribution in [0.2, 0.25) is 0 Å². The van der Waals surface area contributed by atoms with Crippen LogP contribution in [-0.4, -0.2) is 52.3 Å². The summed E-state index contributed by atoms with van der Waals surface area (Å²) in [6.45, 7) is 3.68. The van der Waals surface area contributed by atoms with E-state index in [4.69, 9.17) is 20.6 Å². The monoisotopic (exact) mass is 487 g/mol. The number of carbonyl (C=O) groups is 2. The molecule has 1 fully saturated rings. The fourth-order valence-electron chi connectivity index (χ4n) is 3.72. The lowest BCUT2D eigenvalue weighted by Gasteiger charge is -2.31. The van der Waals surface area contributed by atoms with E-state index in [2.05, 4.69) is 9.97 Å². The van der Waals surface area contributed by atoms with Gasteiger partial charge < -0.3 is 20.1 Å². The second kappa shape index (κ2) is 13.4. The number of benzene rings is 1. The lowest BCUT2D eigenvalue weighted by molar-refractivity contribution is -0.143. The minimum absolute atomic E-state index is 0. The number of piperidine rings is 1. The number of hydrogen-bond donors (Lipinski definition) is 2. The highest BCUT2D eigenvalue weighted by atomic mass is 19.1. The number of esters is 1. The van der Waals surface area contributed by atoms with Crippen LogP contribution >= 0.6 is 0 Å². The maximum absolute atomic E-state index is 14.9. The summed E-state index contributed by atoms with van der Waals surface area (Å²) in [5.41, 5.74) is 6.09. The SMILES string of the molecule is C.CCCC(=O)N1CCC(COc2ncc(-c3cccc(COC(=O)CC(=N)N)c3F)cn2)CC1. The molecule has 1 aliphatic heterocycles. The van der Waals surface area contributed by atoms with Crippen LogP contribution in [0.25, 0.3) is 11.1 Å². The molecule has 1 aromatic carbocycles. The first-order valence-electron chi connectivity index (χ1n) is 11.4. The van der Waals surface area contributed by atoms with Crippen LogP contribution in [0.15, 0.2) is 30.6 Å². The molecular weight excluding hydrogens is 453 g/mol. The number of nitrogens with zero attached hydrogens (tertiary/aromatic N) is 3. The molecule has 0 unspecified atom stereocenters. The molecule has 0 radical (unpaired) electrons. The van der Waals surface area contributed by atoms with Crippen LogP contribution < -0.4 is 10.5 Å². The molecule has 2 heterocycles.